The van der Waals surface area contributed by atoms with Crippen molar-refractivity contribution in [3.8, 4) is 0 Å². The molecule has 0 bridgehead atoms. The predicted octanol–water partition coefficient (Wildman–Crippen LogP) is 5.43. The Bertz CT molecular complexity index is 1160. The van der Waals surface area contributed by atoms with Gasteiger partial charge in [-0.05, 0) is 40.8 Å². The topological polar surface area (TPSA) is 3.88 Å². The normalized spacial score (nSPS) is 11.8. The fourth-order valence-corrected chi connectivity index (χ4v) is 4.10. The number of fused-ring (bicyclic) bond motifs is 7. The van der Waals surface area contributed by atoms with E-state index in [0.717, 1.165) is 0 Å². The molecule has 0 unspecified atom stereocenters. The van der Waals surface area contributed by atoms with Crippen LogP contribution in [0.5, 0.6) is 0 Å². The largest absolute Gasteiger partial charge is 0.221 e. The quantitative estimate of drug-likeness (QED) is 0.265. The van der Waals surface area contributed by atoms with Gasteiger partial charge in [-0.3, -0.25) is 0 Å². The first-order chi connectivity index (χ1) is 11.7. The minimum absolute atomic E-state index is 1.28. The molecule has 1 heterocycles. The van der Waals surface area contributed by atoms with Gasteiger partial charge in [0.2, 0.25) is 5.52 Å². The first-order valence-electron chi connectivity index (χ1n) is 8.36. The molecule has 0 aliphatic heterocycles. The van der Waals surface area contributed by atoms with E-state index in [1.54, 1.807) is 0 Å². The molecule has 1 aromatic heterocycles. The van der Waals surface area contributed by atoms with Crippen molar-refractivity contribution in [2.24, 2.45) is 7.05 Å². The lowest BCUT2D eigenvalue weighted by Gasteiger charge is -2.10. The van der Waals surface area contributed by atoms with Gasteiger partial charge in [0, 0.05) is 10.8 Å². The zero-order valence-electron chi connectivity index (χ0n) is 13.9. The number of benzene rings is 4. The minimum atomic E-state index is 1.28. The molecule has 0 radical (unpaired) electrons. The van der Waals surface area contributed by atoms with E-state index >= 15 is 0 Å². The number of aryl methyl sites for hydroxylation is 2. The van der Waals surface area contributed by atoms with Crippen LogP contribution in [0.1, 0.15) is 5.56 Å². The van der Waals surface area contributed by atoms with Gasteiger partial charge in [-0.25, -0.2) is 0 Å². The Morgan fingerprint density at radius 2 is 1.29 bits per heavy atom. The second-order valence-electron chi connectivity index (χ2n) is 6.63. The fourth-order valence-electron chi connectivity index (χ4n) is 4.10. The Labute approximate surface area is 140 Å². The van der Waals surface area contributed by atoms with E-state index in [4.69, 9.17) is 0 Å². The molecule has 1 nitrogen and oxygen atoms in total. The van der Waals surface area contributed by atoms with Gasteiger partial charge < -0.3 is 0 Å². The van der Waals surface area contributed by atoms with Gasteiger partial charge in [0.25, 0.3) is 0 Å². The van der Waals surface area contributed by atoms with E-state index in [2.05, 4.69) is 91.5 Å². The summed E-state index contributed by atoms with van der Waals surface area (Å²) in [5.74, 6) is 0. The van der Waals surface area contributed by atoms with Crippen molar-refractivity contribution in [1.29, 1.82) is 0 Å². The third-order valence-electron chi connectivity index (χ3n) is 5.13. The molecule has 0 saturated carbocycles. The van der Waals surface area contributed by atoms with Gasteiger partial charge >= 0.3 is 0 Å². The molecule has 0 aliphatic carbocycles. The summed E-state index contributed by atoms with van der Waals surface area (Å²) in [7, 11) is 2.16. The lowest BCUT2D eigenvalue weighted by molar-refractivity contribution is -0.642. The molecule has 5 aromatic rings. The number of pyridine rings is 1. The number of aromatic nitrogens is 1. The van der Waals surface area contributed by atoms with Crippen LogP contribution in [0.2, 0.25) is 0 Å². The lowest BCUT2D eigenvalue weighted by atomic mass is 9.94. The number of hydrogen-bond donors (Lipinski definition) is 0. The number of rotatable bonds is 0. The van der Waals surface area contributed by atoms with Gasteiger partial charge in [0.05, 0.1) is 10.8 Å². The van der Waals surface area contributed by atoms with Crippen LogP contribution in [-0.2, 0) is 7.05 Å². The molecular weight excluding hydrogens is 290 g/mol. The smallest absolute Gasteiger partial charge is 0.200 e. The Balaban J connectivity index is 2.12. The van der Waals surface area contributed by atoms with Crippen LogP contribution >= 0.6 is 0 Å². The van der Waals surface area contributed by atoms with E-state index in [1.807, 2.05) is 0 Å². The van der Waals surface area contributed by atoms with E-state index in [-0.39, 0.29) is 0 Å². The fraction of sp³-hybridized carbons (Fsp3) is 0.0870. The highest BCUT2D eigenvalue weighted by molar-refractivity contribution is 6.20. The average Bonchev–Trinajstić information content (AvgIpc) is 2.61. The molecule has 0 amide bonds. The van der Waals surface area contributed by atoms with E-state index < -0.39 is 0 Å². The first kappa shape index (κ1) is 13.5. The van der Waals surface area contributed by atoms with Crippen molar-refractivity contribution in [2.45, 2.75) is 6.92 Å². The molecule has 5 rings (SSSR count). The number of nitrogens with zero attached hydrogens (tertiary/aromatic N) is 1. The highest BCUT2D eigenvalue weighted by Gasteiger charge is 2.16. The summed E-state index contributed by atoms with van der Waals surface area (Å²) in [4.78, 5) is 0. The van der Waals surface area contributed by atoms with Crippen LogP contribution in [-0.4, -0.2) is 0 Å². The maximum Gasteiger partial charge on any atom is 0.221 e. The third kappa shape index (κ3) is 1.73. The second-order valence-corrected chi connectivity index (χ2v) is 6.63. The van der Waals surface area contributed by atoms with Crippen LogP contribution < -0.4 is 4.57 Å². The lowest BCUT2D eigenvalue weighted by Crippen LogP contribution is -2.28. The van der Waals surface area contributed by atoms with Crippen molar-refractivity contribution < 1.29 is 4.57 Å². The molecule has 24 heavy (non-hydrogen) atoms. The van der Waals surface area contributed by atoms with Gasteiger partial charge in [-0.2, -0.15) is 4.57 Å². The van der Waals surface area contributed by atoms with Crippen molar-refractivity contribution >= 4 is 43.2 Å². The maximum atomic E-state index is 2.31. The summed E-state index contributed by atoms with van der Waals surface area (Å²) in [6.07, 6.45) is 2.24. The van der Waals surface area contributed by atoms with Crippen molar-refractivity contribution in [1.82, 2.24) is 0 Å². The van der Waals surface area contributed by atoms with Crippen molar-refractivity contribution in [3.63, 3.8) is 0 Å². The summed E-state index contributed by atoms with van der Waals surface area (Å²) in [5.41, 5.74) is 2.65. The third-order valence-corrected chi connectivity index (χ3v) is 5.13. The minimum Gasteiger partial charge on any atom is -0.200 e. The van der Waals surface area contributed by atoms with E-state index in [9.17, 15) is 0 Å². The van der Waals surface area contributed by atoms with Gasteiger partial charge in [-0.1, -0.05) is 54.6 Å². The van der Waals surface area contributed by atoms with E-state index in [0.29, 0.717) is 0 Å². The van der Waals surface area contributed by atoms with Crippen molar-refractivity contribution in [2.75, 3.05) is 0 Å². The Morgan fingerprint density at radius 3 is 2.08 bits per heavy atom. The van der Waals surface area contributed by atoms with E-state index in [1.165, 1.54) is 48.8 Å². The highest BCUT2D eigenvalue weighted by atomic mass is 14.9. The van der Waals surface area contributed by atoms with Gasteiger partial charge in [-0.15, -0.1) is 0 Å². The molecule has 0 aliphatic rings. The monoisotopic (exact) mass is 308 g/mol. The molecule has 0 spiro atoms. The van der Waals surface area contributed by atoms with Crippen LogP contribution in [0.4, 0.5) is 0 Å². The maximum absolute atomic E-state index is 2.31. The molecule has 0 saturated heterocycles. The molecule has 4 aromatic carbocycles. The number of hydrogen-bond acceptors (Lipinski definition) is 0. The standard InChI is InChI=1S/C23H18N/c1-15-13-16-7-3-5-9-18(16)20-11-12-21-19-10-6-4-8-17(19)14-24(2)23(21)22(15)20/h3-14H,1-2H3/q+1. The zero-order valence-corrected chi connectivity index (χ0v) is 13.9. The van der Waals surface area contributed by atoms with Crippen molar-refractivity contribution in [3.05, 3.63) is 78.5 Å². The summed E-state index contributed by atoms with van der Waals surface area (Å²) < 4.78 is 2.28. The summed E-state index contributed by atoms with van der Waals surface area (Å²) in [6.45, 7) is 2.23. The first-order valence-corrected chi connectivity index (χ1v) is 8.36. The molecule has 0 N–H and O–H groups in total. The highest BCUT2D eigenvalue weighted by Crippen LogP contribution is 2.34. The molecule has 0 atom stereocenters. The zero-order chi connectivity index (χ0) is 16.3. The van der Waals surface area contributed by atoms with Crippen LogP contribution in [0.3, 0.4) is 0 Å². The molecule has 1 heteroatoms. The van der Waals surface area contributed by atoms with Gasteiger partial charge in [0.1, 0.15) is 7.05 Å². The Hall–Kier alpha value is -2.93. The molecule has 114 valence electrons. The molecule has 0 fully saturated rings. The van der Waals surface area contributed by atoms with Crippen LogP contribution in [0, 0.1) is 6.92 Å². The van der Waals surface area contributed by atoms with Crippen LogP contribution in [0.25, 0.3) is 43.2 Å². The SMILES string of the molecule is Cc1cc2ccccc2c2ccc3c4ccccc4c[n+](C)c3c12. The predicted molar refractivity (Wildman–Crippen MR) is 102 cm³/mol. The summed E-state index contributed by atoms with van der Waals surface area (Å²) >= 11 is 0. The Morgan fingerprint density at radius 1 is 0.667 bits per heavy atom. The average molecular weight is 308 g/mol. The van der Waals surface area contributed by atoms with Gasteiger partial charge in [0.15, 0.2) is 6.20 Å². The summed E-state index contributed by atoms with van der Waals surface area (Å²) in [6, 6.07) is 24.2. The Kier molecular flexibility index (Phi) is 2.69. The second kappa shape index (κ2) is 4.78. The summed E-state index contributed by atoms with van der Waals surface area (Å²) in [5, 5.41) is 9.26. The molecular formula is C23H18N+. The van der Waals surface area contributed by atoms with Crippen LogP contribution in [0.15, 0.2) is 72.9 Å².